The van der Waals surface area contributed by atoms with Crippen LogP contribution in [-0.2, 0) is 11.3 Å². The quantitative estimate of drug-likeness (QED) is 0.457. The van der Waals surface area contributed by atoms with Gasteiger partial charge in [-0.2, -0.15) is 0 Å². The normalized spacial score (nSPS) is 15.1. The van der Waals surface area contributed by atoms with Crippen LogP contribution in [0.5, 0.6) is 0 Å². The number of aliphatic imine (C=N–C) groups is 1. The molecule has 0 amide bonds. The van der Waals surface area contributed by atoms with Crippen LogP contribution in [0, 0.1) is 0 Å². The molecule has 0 radical (unpaired) electrons. The van der Waals surface area contributed by atoms with Crippen LogP contribution in [0.3, 0.4) is 0 Å². The van der Waals surface area contributed by atoms with Crippen LogP contribution in [-0.4, -0.2) is 44.1 Å². The molecule has 0 bridgehead atoms. The smallest absolute Gasteiger partial charge is 0.193 e. The molecule has 5 nitrogen and oxygen atoms in total. The second kappa shape index (κ2) is 10.6. The van der Waals surface area contributed by atoms with E-state index in [-0.39, 0.29) is 0 Å². The summed E-state index contributed by atoms with van der Waals surface area (Å²) in [5, 5.41) is 3.45. The molecule has 0 unspecified atom stereocenters. The van der Waals surface area contributed by atoms with E-state index in [4.69, 9.17) is 9.15 Å². The molecule has 3 rings (SSSR count). The predicted molar refractivity (Wildman–Crippen MR) is 110 cm³/mol. The van der Waals surface area contributed by atoms with E-state index in [1.807, 2.05) is 19.2 Å². The summed E-state index contributed by atoms with van der Waals surface area (Å²) < 4.78 is 10.9. The molecular weight excluding hydrogens is 338 g/mol. The number of piperidine rings is 1. The maximum Gasteiger partial charge on any atom is 0.193 e. The predicted octanol–water partition coefficient (Wildman–Crippen LogP) is 3.94. The molecule has 2 aromatic rings. The van der Waals surface area contributed by atoms with E-state index in [2.05, 4.69) is 51.6 Å². The molecule has 144 valence electrons. The molecule has 1 aromatic heterocycles. The zero-order valence-corrected chi connectivity index (χ0v) is 16.1. The maximum atomic E-state index is 5.61. The van der Waals surface area contributed by atoms with Crippen LogP contribution in [0.1, 0.15) is 30.6 Å². The highest BCUT2D eigenvalue weighted by Crippen LogP contribution is 2.19. The zero-order chi connectivity index (χ0) is 18.7. The number of likely N-dealkylation sites (tertiary alicyclic amines) is 1. The summed E-state index contributed by atoms with van der Waals surface area (Å²) in [5.41, 5.74) is 2.80. The number of ether oxygens (including phenoxy) is 1. The minimum Gasteiger partial charge on any atom is -0.467 e. The van der Waals surface area contributed by atoms with Gasteiger partial charge >= 0.3 is 0 Å². The number of guanidine groups is 1. The van der Waals surface area contributed by atoms with Gasteiger partial charge in [0.25, 0.3) is 0 Å². The lowest BCUT2D eigenvalue weighted by molar-refractivity contribution is 0.104. The van der Waals surface area contributed by atoms with E-state index < -0.39 is 0 Å². The number of nitrogens with one attached hydrogen (secondary N) is 1. The number of nitrogens with zero attached hydrogens (tertiary/aromatic N) is 2. The van der Waals surface area contributed by atoms with Crippen molar-refractivity contribution in [2.24, 2.45) is 4.99 Å². The summed E-state index contributed by atoms with van der Waals surface area (Å²) in [6, 6.07) is 14.4. The highest BCUT2D eigenvalue weighted by molar-refractivity contribution is 5.80. The molecular formula is C22H29N3O2. The van der Waals surface area contributed by atoms with E-state index in [1.54, 1.807) is 6.26 Å². The fourth-order valence-electron chi connectivity index (χ4n) is 3.21. The Morgan fingerprint density at radius 3 is 2.70 bits per heavy atom. The fourth-order valence-corrected chi connectivity index (χ4v) is 3.21. The molecule has 5 heteroatoms. The lowest BCUT2D eigenvalue weighted by Crippen LogP contribution is -2.44. The fraction of sp³-hybridized carbons (Fsp3) is 0.409. The molecule has 1 aromatic carbocycles. The molecule has 1 saturated heterocycles. The molecule has 0 saturated carbocycles. The molecule has 1 aliphatic rings. The van der Waals surface area contributed by atoms with Gasteiger partial charge in [-0.3, -0.25) is 4.99 Å². The van der Waals surface area contributed by atoms with Crippen molar-refractivity contribution >= 4 is 12.0 Å². The number of hydrogen-bond acceptors (Lipinski definition) is 3. The molecule has 2 heterocycles. The Bertz CT molecular complexity index is 713. The van der Waals surface area contributed by atoms with E-state index in [0.29, 0.717) is 13.2 Å². The van der Waals surface area contributed by atoms with Crippen LogP contribution < -0.4 is 5.32 Å². The number of benzene rings is 1. The lowest BCUT2D eigenvalue weighted by atomic mass is 10.0. The molecule has 0 spiro atoms. The van der Waals surface area contributed by atoms with Gasteiger partial charge in [0.15, 0.2) is 5.96 Å². The third-order valence-electron chi connectivity index (χ3n) is 4.66. The van der Waals surface area contributed by atoms with E-state index in [0.717, 1.165) is 50.6 Å². The van der Waals surface area contributed by atoms with Crippen molar-refractivity contribution in [3.05, 3.63) is 65.6 Å². The minimum absolute atomic E-state index is 0.532. The standard InChI is InChI=1S/C22H29N3O2/c1-23-22(24-12-6-15-26-18-21-9-5-16-27-21)25-13-10-20(11-14-25)17-19-7-3-2-4-8-19/h2-5,7-9,16-17H,6,10-15,18H2,1H3,(H,23,24). The Morgan fingerprint density at radius 1 is 1.19 bits per heavy atom. The Labute approximate surface area is 161 Å². The van der Waals surface area contributed by atoms with E-state index >= 15 is 0 Å². The molecule has 1 N–H and O–H groups in total. The highest BCUT2D eigenvalue weighted by atomic mass is 16.5. The second-order valence-corrected chi connectivity index (χ2v) is 6.66. The van der Waals surface area contributed by atoms with Crippen LogP contribution in [0.4, 0.5) is 0 Å². The van der Waals surface area contributed by atoms with Crippen molar-refractivity contribution in [3.63, 3.8) is 0 Å². The number of rotatable bonds is 7. The van der Waals surface area contributed by atoms with Gasteiger partial charge in [-0.15, -0.1) is 0 Å². The summed E-state index contributed by atoms with van der Waals surface area (Å²) >= 11 is 0. The first-order valence-electron chi connectivity index (χ1n) is 9.65. The van der Waals surface area contributed by atoms with Gasteiger partial charge in [-0.1, -0.05) is 42.0 Å². The molecule has 0 aliphatic carbocycles. The summed E-state index contributed by atoms with van der Waals surface area (Å²) in [5.74, 6) is 1.85. The monoisotopic (exact) mass is 367 g/mol. The van der Waals surface area contributed by atoms with E-state index in [1.165, 1.54) is 11.1 Å². The average Bonchev–Trinajstić information content (AvgIpc) is 3.23. The van der Waals surface area contributed by atoms with Gasteiger partial charge in [0.05, 0.1) is 6.26 Å². The van der Waals surface area contributed by atoms with Crippen molar-refractivity contribution in [1.82, 2.24) is 10.2 Å². The van der Waals surface area contributed by atoms with Crippen LogP contribution in [0.15, 0.2) is 63.7 Å². The Hall–Kier alpha value is -2.53. The first-order chi connectivity index (χ1) is 13.3. The Balaban J connectivity index is 1.34. The SMILES string of the molecule is CN=C(NCCCOCc1ccco1)N1CCC(=Cc2ccccc2)CC1. The molecule has 27 heavy (non-hydrogen) atoms. The minimum atomic E-state index is 0.532. The van der Waals surface area contributed by atoms with Crippen molar-refractivity contribution in [2.45, 2.75) is 25.9 Å². The van der Waals surface area contributed by atoms with Crippen LogP contribution in [0.25, 0.3) is 6.08 Å². The molecule has 0 atom stereocenters. The van der Waals surface area contributed by atoms with Gasteiger partial charge in [-0.25, -0.2) is 0 Å². The van der Waals surface area contributed by atoms with Crippen molar-refractivity contribution in [2.75, 3.05) is 33.3 Å². The Kier molecular flexibility index (Phi) is 7.54. The van der Waals surface area contributed by atoms with Crippen molar-refractivity contribution < 1.29 is 9.15 Å². The van der Waals surface area contributed by atoms with Crippen molar-refractivity contribution in [1.29, 1.82) is 0 Å². The van der Waals surface area contributed by atoms with Gasteiger partial charge in [-0.05, 0) is 37.0 Å². The van der Waals surface area contributed by atoms with Crippen LogP contribution in [0.2, 0.25) is 0 Å². The lowest BCUT2D eigenvalue weighted by Gasteiger charge is -2.31. The van der Waals surface area contributed by atoms with E-state index in [9.17, 15) is 0 Å². The summed E-state index contributed by atoms with van der Waals surface area (Å²) in [4.78, 5) is 6.77. The first kappa shape index (κ1) is 19.2. The average molecular weight is 367 g/mol. The summed E-state index contributed by atoms with van der Waals surface area (Å²) in [6.45, 7) is 4.10. The third kappa shape index (κ3) is 6.29. The van der Waals surface area contributed by atoms with Gasteiger partial charge < -0.3 is 19.4 Å². The topological polar surface area (TPSA) is 50.0 Å². The zero-order valence-electron chi connectivity index (χ0n) is 16.1. The maximum absolute atomic E-state index is 5.61. The summed E-state index contributed by atoms with van der Waals surface area (Å²) in [7, 11) is 1.85. The van der Waals surface area contributed by atoms with Gasteiger partial charge in [0.2, 0.25) is 0 Å². The molecule has 1 fully saturated rings. The van der Waals surface area contributed by atoms with Crippen LogP contribution >= 0.6 is 0 Å². The Morgan fingerprint density at radius 2 is 2.00 bits per heavy atom. The second-order valence-electron chi connectivity index (χ2n) is 6.66. The third-order valence-corrected chi connectivity index (χ3v) is 4.66. The summed E-state index contributed by atoms with van der Waals surface area (Å²) in [6.07, 6.45) is 7.10. The van der Waals surface area contributed by atoms with Crippen molar-refractivity contribution in [3.8, 4) is 0 Å². The molecule has 1 aliphatic heterocycles. The number of hydrogen-bond donors (Lipinski definition) is 1. The highest BCUT2D eigenvalue weighted by Gasteiger charge is 2.16. The largest absolute Gasteiger partial charge is 0.467 e. The first-order valence-corrected chi connectivity index (χ1v) is 9.65. The van der Waals surface area contributed by atoms with Gasteiger partial charge in [0, 0.05) is 33.3 Å². The van der Waals surface area contributed by atoms with Gasteiger partial charge in [0.1, 0.15) is 12.4 Å². The number of furan rings is 1.